The molecule has 2 rings (SSSR count). The van der Waals surface area contributed by atoms with E-state index in [2.05, 4.69) is 0 Å². The summed E-state index contributed by atoms with van der Waals surface area (Å²) in [6, 6.07) is 8.34. The second-order valence-corrected chi connectivity index (χ2v) is 7.33. The SMILES string of the molecule is O=C(O)CCCC=CC[C@@H]1[C@@H](/C=C/C(F)(F)COc2ccccc2)[C@H](O)C[C@@H]1O. The molecule has 3 N–H and O–H groups in total. The van der Waals surface area contributed by atoms with Crippen LogP contribution in [0.25, 0.3) is 0 Å². The molecular formula is C22H28F2O5. The molecule has 0 saturated heterocycles. The second kappa shape index (κ2) is 11.1. The third-order valence-electron chi connectivity index (χ3n) is 4.99. The highest BCUT2D eigenvalue weighted by atomic mass is 19.3. The van der Waals surface area contributed by atoms with Crippen LogP contribution in [0.4, 0.5) is 8.78 Å². The van der Waals surface area contributed by atoms with Gasteiger partial charge in [-0.05, 0) is 43.4 Å². The zero-order chi connectivity index (χ0) is 21.3. The molecule has 4 atom stereocenters. The summed E-state index contributed by atoms with van der Waals surface area (Å²) < 4.78 is 33.4. The lowest BCUT2D eigenvalue weighted by molar-refractivity contribution is -0.137. The molecule has 1 fully saturated rings. The number of alkyl halides is 2. The van der Waals surface area contributed by atoms with Gasteiger partial charge in [0.05, 0.1) is 12.2 Å². The Morgan fingerprint density at radius 1 is 1.17 bits per heavy atom. The predicted octanol–water partition coefficient (Wildman–Crippen LogP) is 3.82. The normalized spacial score (nSPS) is 25.1. The molecule has 1 aromatic carbocycles. The first kappa shape index (κ1) is 23.0. The fraction of sp³-hybridized carbons (Fsp3) is 0.500. The number of aliphatic carboxylic acids is 1. The van der Waals surface area contributed by atoms with Gasteiger partial charge in [0.25, 0.3) is 5.92 Å². The molecule has 0 heterocycles. The molecule has 0 aromatic heterocycles. The number of ether oxygens (including phenoxy) is 1. The molecule has 0 unspecified atom stereocenters. The van der Waals surface area contributed by atoms with Crippen molar-refractivity contribution in [1.29, 1.82) is 0 Å². The van der Waals surface area contributed by atoms with Gasteiger partial charge in [-0.3, -0.25) is 4.79 Å². The monoisotopic (exact) mass is 410 g/mol. The number of allylic oxidation sites excluding steroid dienone is 2. The van der Waals surface area contributed by atoms with Crippen molar-refractivity contribution >= 4 is 5.97 Å². The first-order valence-electron chi connectivity index (χ1n) is 9.76. The molecule has 160 valence electrons. The van der Waals surface area contributed by atoms with Crippen molar-refractivity contribution in [3.05, 3.63) is 54.6 Å². The minimum absolute atomic E-state index is 0.0839. The van der Waals surface area contributed by atoms with Crippen LogP contribution in [0, 0.1) is 11.8 Å². The molecular weight excluding hydrogens is 382 g/mol. The summed E-state index contributed by atoms with van der Waals surface area (Å²) in [5.41, 5.74) is 0. The minimum Gasteiger partial charge on any atom is -0.487 e. The molecule has 7 heteroatoms. The maximum Gasteiger partial charge on any atom is 0.303 e. The van der Waals surface area contributed by atoms with Crippen molar-refractivity contribution in [1.82, 2.24) is 0 Å². The van der Waals surface area contributed by atoms with Crippen LogP contribution in [0.15, 0.2) is 54.6 Å². The van der Waals surface area contributed by atoms with E-state index >= 15 is 0 Å². The average Bonchev–Trinajstić information content (AvgIpc) is 2.94. The van der Waals surface area contributed by atoms with Crippen LogP contribution in [0.5, 0.6) is 5.75 Å². The van der Waals surface area contributed by atoms with Crippen LogP contribution in [0.3, 0.4) is 0 Å². The third-order valence-corrected chi connectivity index (χ3v) is 4.99. The Balaban J connectivity index is 1.89. The maximum absolute atomic E-state index is 14.2. The number of para-hydroxylation sites is 1. The predicted molar refractivity (Wildman–Crippen MR) is 105 cm³/mol. The van der Waals surface area contributed by atoms with Crippen molar-refractivity contribution in [3.8, 4) is 5.75 Å². The van der Waals surface area contributed by atoms with Crippen LogP contribution in [0.1, 0.15) is 32.1 Å². The lowest BCUT2D eigenvalue weighted by Gasteiger charge is -2.20. The van der Waals surface area contributed by atoms with Crippen LogP contribution in [-0.2, 0) is 4.79 Å². The summed E-state index contributed by atoms with van der Waals surface area (Å²) in [7, 11) is 0. The van der Waals surface area contributed by atoms with Gasteiger partial charge >= 0.3 is 5.97 Å². The maximum atomic E-state index is 14.2. The number of carboxylic acid groups (broad SMARTS) is 1. The van der Waals surface area contributed by atoms with Gasteiger partial charge in [-0.2, -0.15) is 8.78 Å². The van der Waals surface area contributed by atoms with E-state index in [0.717, 1.165) is 6.08 Å². The van der Waals surface area contributed by atoms with Crippen molar-refractivity contribution < 1.29 is 33.6 Å². The van der Waals surface area contributed by atoms with E-state index in [-0.39, 0.29) is 18.8 Å². The van der Waals surface area contributed by atoms with E-state index in [1.54, 1.807) is 30.3 Å². The zero-order valence-electron chi connectivity index (χ0n) is 16.2. The molecule has 29 heavy (non-hydrogen) atoms. The molecule has 1 aliphatic rings. The van der Waals surface area contributed by atoms with Crippen LogP contribution < -0.4 is 4.74 Å². The van der Waals surface area contributed by atoms with Gasteiger partial charge in [0, 0.05) is 18.8 Å². The average molecular weight is 410 g/mol. The smallest absolute Gasteiger partial charge is 0.303 e. The van der Waals surface area contributed by atoms with Gasteiger partial charge < -0.3 is 20.1 Å². The summed E-state index contributed by atoms with van der Waals surface area (Å²) in [5.74, 6) is -4.67. The number of hydrogen-bond acceptors (Lipinski definition) is 4. The molecule has 0 radical (unpaired) electrons. The Labute approximate surface area is 169 Å². The van der Waals surface area contributed by atoms with Crippen LogP contribution in [0.2, 0.25) is 0 Å². The number of halogens is 2. The summed E-state index contributed by atoms with van der Waals surface area (Å²) >= 11 is 0. The summed E-state index contributed by atoms with van der Waals surface area (Å²) in [6.45, 7) is -0.812. The largest absolute Gasteiger partial charge is 0.487 e. The zero-order valence-corrected chi connectivity index (χ0v) is 16.2. The fourth-order valence-electron chi connectivity index (χ4n) is 3.45. The third kappa shape index (κ3) is 7.95. The number of benzene rings is 1. The Hall–Kier alpha value is -2.25. The summed E-state index contributed by atoms with van der Waals surface area (Å²) in [4.78, 5) is 10.5. The van der Waals surface area contributed by atoms with Gasteiger partial charge in [-0.25, -0.2) is 0 Å². The first-order chi connectivity index (χ1) is 13.8. The number of unbranched alkanes of at least 4 members (excludes halogenated alkanes) is 1. The standard InChI is InChI=1S/C22H28F2O5/c23-22(24,15-29-16-8-4-3-5-9-16)13-12-18-17(19(25)14-20(18)26)10-6-1-2-7-11-21(27)28/h1,3-6,8-9,12-13,17-20,25-26H,2,7,10-11,14-15H2,(H,27,28)/b6-1?,13-12+/t17-,18-,19+,20-/m1/s1. The molecule has 1 aromatic rings. The Morgan fingerprint density at radius 2 is 1.90 bits per heavy atom. The molecule has 1 saturated carbocycles. The number of aliphatic hydroxyl groups is 2. The summed E-state index contributed by atoms with van der Waals surface area (Å²) in [6.07, 6.45) is 5.73. The molecule has 1 aliphatic carbocycles. The molecule has 5 nitrogen and oxygen atoms in total. The van der Waals surface area contributed by atoms with Gasteiger partial charge in [0.2, 0.25) is 0 Å². The van der Waals surface area contributed by atoms with Gasteiger partial charge in [-0.15, -0.1) is 0 Å². The number of hydrogen-bond donors (Lipinski definition) is 3. The van der Waals surface area contributed by atoms with E-state index in [1.807, 2.05) is 12.2 Å². The number of carbonyl (C=O) groups is 1. The van der Waals surface area contributed by atoms with Crippen molar-refractivity contribution in [2.24, 2.45) is 11.8 Å². The van der Waals surface area contributed by atoms with E-state index in [4.69, 9.17) is 9.84 Å². The number of rotatable bonds is 11. The molecule has 0 bridgehead atoms. The number of carboxylic acids is 1. The molecule has 0 aliphatic heterocycles. The quantitative estimate of drug-likeness (QED) is 0.381. The fourth-order valence-corrected chi connectivity index (χ4v) is 3.45. The van der Waals surface area contributed by atoms with Crippen LogP contribution in [-0.4, -0.2) is 46.0 Å². The van der Waals surface area contributed by atoms with E-state index in [0.29, 0.717) is 25.0 Å². The first-order valence-corrected chi connectivity index (χ1v) is 9.76. The number of aliphatic hydroxyl groups excluding tert-OH is 2. The van der Waals surface area contributed by atoms with E-state index in [9.17, 15) is 23.8 Å². The van der Waals surface area contributed by atoms with Gasteiger partial charge in [-0.1, -0.05) is 36.4 Å². The molecule has 0 amide bonds. The van der Waals surface area contributed by atoms with Crippen molar-refractivity contribution in [3.63, 3.8) is 0 Å². The lowest BCUT2D eigenvalue weighted by atomic mass is 9.89. The summed E-state index contributed by atoms with van der Waals surface area (Å²) in [5, 5.41) is 28.9. The Kier molecular flexibility index (Phi) is 8.79. The van der Waals surface area contributed by atoms with Gasteiger partial charge in [0.15, 0.2) is 6.61 Å². The highest BCUT2D eigenvalue weighted by Crippen LogP contribution is 2.37. The highest BCUT2D eigenvalue weighted by molar-refractivity contribution is 5.66. The minimum atomic E-state index is -3.21. The van der Waals surface area contributed by atoms with E-state index < -0.39 is 36.6 Å². The lowest BCUT2D eigenvalue weighted by Crippen LogP contribution is -2.25. The van der Waals surface area contributed by atoms with E-state index in [1.165, 1.54) is 6.08 Å². The molecule has 0 spiro atoms. The Bertz CT molecular complexity index is 690. The van der Waals surface area contributed by atoms with Gasteiger partial charge in [0.1, 0.15) is 5.75 Å². The Morgan fingerprint density at radius 3 is 2.59 bits per heavy atom. The highest BCUT2D eigenvalue weighted by Gasteiger charge is 2.40. The van der Waals surface area contributed by atoms with Crippen LogP contribution >= 0.6 is 0 Å². The second-order valence-electron chi connectivity index (χ2n) is 7.33. The van der Waals surface area contributed by atoms with Crippen molar-refractivity contribution in [2.45, 2.75) is 50.2 Å². The van der Waals surface area contributed by atoms with Crippen molar-refractivity contribution in [2.75, 3.05) is 6.61 Å². The topological polar surface area (TPSA) is 87.0 Å².